The zero-order chi connectivity index (χ0) is 29.7. The molecule has 1 heterocycles. The van der Waals surface area contributed by atoms with Crippen molar-refractivity contribution in [3.63, 3.8) is 0 Å². The summed E-state index contributed by atoms with van der Waals surface area (Å²) in [5.74, 6) is -0.0384. The summed E-state index contributed by atoms with van der Waals surface area (Å²) >= 11 is 6.70. The molecule has 5 rings (SSSR count). The maximum atomic E-state index is 13.6. The van der Waals surface area contributed by atoms with Crippen LogP contribution in [0.5, 0.6) is 11.5 Å². The Morgan fingerprint density at radius 2 is 1.54 bits per heavy atom. The van der Waals surface area contributed by atoms with Gasteiger partial charge in [0, 0.05) is 48.4 Å². The number of benzene rings is 2. The Bertz CT molecular complexity index is 1450. The van der Waals surface area contributed by atoms with E-state index >= 15 is 0 Å². The standard InChI is InChI=1S/C32H33ClFNO6/c1-31(2)12-21(36)28-24(14-31)41-25-15-32(3,4)13-22(37)29(25)27(28)17-10-20(33)30(23(11-17)39-5)40-16-26(38)35-19-8-6-18(34)7-9-19/h6-11,27H,12-16H2,1-5H3,(H,35,38). The van der Waals surface area contributed by atoms with Crippen LogP contribution >= 0.6 is 11.6 Å². The highest BCUT2D eigenvalue weighted by Crippen LogP contribution is 2.54. The van der Waals surface area contributed by atoms with Crippen LogP contribution in [0.2, 0.25) is 5.02 Å². The SMILES string of the molecule is COc1cc(C2C3=C(CC(C)(C)CC3=O)OC3=C2C(=O)CC(C)(C)C3)cc(Cl)c1OCC(=O)Nc1ccc(F)cc1. The van der Waals surface area contributed by atoms with Gasteiger partial charge in [-0.3, -0.25) is 14.4 Å². The van der Waals surface area contributed by atoms with E-state index in [9.17, 15) is 18.8 Å². The summed E-state index contributed by atoms with van der Waals surface area (Å²) in [6.07, 6.45) is 1.82. The fourth-order valence-corrected chi connectivity index (χ4v) is 6.20. The molecule has 0 spiro atoms. The van der Waals surface area contributed by atoms with Gasteiger partial charge in [0.15, 0.2) is 29.7 Å². The molecule has 9 heteroatoms. The van der Waals surface area contributed by atoms with Crippen LogP contribution in [-0.2, 0) is 19.1 Å². The largest absolute Gasteiger partial charge is 0.493 e. The van der Waals surface area contributed by atoms with Crippen molar-refractivity contribution in [2.24, 2.45) is 10.8 Å². The molecular weight excluding hydrogens is 549 g/mol. The van der Waals surface area contributed by atoms with Crippen molar-refractivity contribution in [2.45, 2.75) is 59.3 Å². The van der Waals surface area contributed by atoms with Crippen molar-refractivity contribution in [3.05, 3.63) is 75.5 Å². The molecular formula is C32H33ClFNO6. The Morgan fingerprint density at radius 1 is 0.976 bits per heavy atom. The monoisotopic (exact) mass is 581 g/mol. The van der Waals surface area contributed by atoms with Crippen molar-refractivity contribution in [1.82, 2.24) is 0 Å². The lowest BCUT2D eigenvalue weighted by atomic mass is 9.65. The summed E-state index contributed by atoms with van der Waals surface area (Å²) in [6, 6.07) is 8.72. The second kappa shape index (κ2) is 10.6. The minimum absolute atomic E-state index is 0.0571. The molecule has 0 unspecified atom stereocenters. The summed E-state index contributed by atoms with van der Waals surface area (Å²) < 4.78 is 30.9. The first-order chi connectivity index (χ1) is 19.3. The lowest BCUT2D eigenvalue weighted by molar-refractivity contribution is -0.120. The van der Waals surface area contributed by atoms with Gasteiger partial charge in [0.25, 0.3) is 5.91 Å². The number of rotatable bonds is 6. The number of Topliss-reactive ketones (excluding diaryl/α,β-unsaturated/α-hetero) is 2. The molecule has 0 saturated carbocycles. The van der Waals surface area contributed by atoms with Crippen molar-refractivity contribution >= 4 is 34.8 Å². The molecule has 1 amide bonds. The van der Waals surface area contributed by atoms with Crippen LogP contribution < -0.4 is 14.8 Å². The quantitative estimate of drug-likeness (QED) is 0.399. The number of allylic oxidation sites excluding steroid dienone is 4. The number of hydrogen-bond acceptors (Lipinski definition) is 6. The fourth-order valence-electron chi connectivity index (χ4n) is 5.92. The molecule has 216 valence electrons. The van der Waals surface area contributed by atoms with Crippen LogP contribution in [0.4, 0.5) is 10.1 Å². The molecule has 1 aliphatic heterocycles. The van der Waals surface area contributed by atoms with Crippen molar-refractivity contribution in [2.75, 3.05) is 19.0 Å². The minimum Gasteiger partial charge on any atom is -0.493 e. The van der Waals surface area contributed by atoms with Crippen LogP contribution in [-0.4, -0.2) is 31.2 Å². The minimum atomic E-state index is -0.650. The van der Waals surface area contributed by atoms with Crippen molar-refractivity contribution in [3.8, 4) is 11.5 Å². The third-order valence-electron chi connectivity index (χ3n) is 7.64. The van der Waals surface area contributed by atoms with Crippen LogP contribution in [0, 0.1) is 16.6 Å². The zero-order valence-corrected chi connectivity index (χ0v) is 24.5. The average Bonchev–Trinajstić information content (AvgIpc) is 2.86. The van der Waals surface area contributed by atoms with Gasteiger partial charge in [-0.05, 0) is 52.8 Å². The lowest BCUT2D eigenvalue weighted by Crippen LogP contribution is -2.37. The van der Waals surface area contributed by atoms with Crippen LogP contribution in [0.1, 0.15) is 64.9 Å². The molecule has 2 aliphatic carbocycles. The number of hydrogen-bond donors (Lipinski definition) is 1. The molecule has 41 heavy (non-hydrogen) atoms. The van der Waals surface area contributed by atoms with E-state index in [-0.39, 0.29) is 45.5 Å². The third kappa shape index (κ3) is 5.89. The van der Waals surface area contributed by atoms with E-state index in [1.165, 1.54) is 31.4 Å². The Labute approximate surface area is 243 Å². The highest BCUT2D eigenvalue weighted by atomic mass is 35.5. The van der Waals surface area contributed by atoms with E-state index in [2.05, 4.69) is 5.32 Å². The summed E-state index contributed by atoms with van der Waals surface area (Å²) in [7, 11) is 1.45. The van der Waals surface area contributed by atoms with E-state index in [0.29, 0.717) is 59.6 Å². The number of halogens is 2. The smallest absolute Gasteiger partial charge is 0.262 e. The van der Waals surface area contributed by atoms with Gasteiger partial charge in [0.2, 0.25) is 0 Å². The molecule has 0 aromatic heterocycles. The number of ether oxygens (including phenoxy) is 3. The number of anilines is 1. The van der Waals surface area contributed by atoms with Gasteiger partial charge < -0.3 is 19.5 Å². The second-order valence-corrected chi connectivity index (χ2v) is 12.9. The van der Waals surface area contributed by atoms with Crippen LogP contribution in [0.15, 0.2) is 59.1 Å². The van der Waals surface area contributed by atoms with E-state index in [1.54, 1.807) is 12.1 Å². The van der Waals surface area contributed by atoms with Gasteiger partial charge in [-0.1, -0.05) is 39.3 Å². The van der Waals surface area contributed by atoms with E-state index in [0.717, 1.165) is 0 Å². The topological polar surface area (TPSA) is 90.9 Å². The van der Waals surface area contributed by atoms with Gasteiger partial charge in [0.1, 0.15) is 17.3 Å². The highest BCUT2D eigenvalue weighted by molar-refractivity contribution is 6.32. The normalized spacial score (nSPS) is 19.8. The summed E-state index contributed by atoms with van der Waals surface area (Å²) in [6.45, 7) is 7.75. The number of methoxy groups -OCH3 is 1. The molecule has 3 aliphatic rings. The Balaban J connectivity index is 1.50. The molecule has 2 aromatic rings. The number of carbonyl (C=O) groups is 3. The Kier molecular flexibility index (Phi) is 7.49. The molecule has 0 bridgehead atoms. The van der Waals surface area contributed by atoms with Crippen LogP contribution in [0.3, 0.4) is 0 Å². The number of amides is 1. The fraction of sp³-hybridized carbons (Fsp3) is 0.406. The first-order valence-electron chi connectivity index (χ1n) is 13.5. The number of ketones is 2. The molecule has 7 nitrogen and oxygen atoms in total. The Morgan fingerprint density at radius 3 is 2.07 bits per heavy atom. The van der Waals surface area contributed by atoms with E-state index < -0.39 is 17.6 Å². The van der Waals surface area contributed by atoms with Gasteiger partial charge in [-0.15, -0.1) is 0 Å². The molecule has 1 N–H and O–H groups in total. The third-order valence-corrected chi connectivity index (χ3v) is 7.92. The summed E-state index contributed by atoms with van der Waals surface area (Å²) in [4.78, 5) is 39.6. The maximum absolute atomic E-state index is 13.6. The van der Waals surface area contributed by atoms with Gasteiger partial charge in [-0.25, -0.2) is 4.39 Å². The number of nitrogens with one attached hydrogen (secondary N) is 1. The van der Waals surface area contributed by atoms with Gasteiger partial charge in [-0.2, -0.15) is 0 Å². The average molecular weight is 582 g/mol. The lowest BCUT2D eigenvalue weighted by Gasteiger charge is -2.42. The summed E-state index contributed by atoms with van der Waals surface area (Å²) in [5, 5.41) is 2.79. The molecule has 0 radical (unpaired) electrons. The Hall–Kier alpha value is -3.65. The first kappa shape index (κ1) is 28.9. The number of carbonyl (C=O) groups excluding carboxylic acids is 3. The molecule has 0 fully saturated rings. The molecule has 2 aromatic carbocycles. The summed E-state index contributed by atoms with van der Waals surface area (Å²) in [5.41, 5.74) is 1.46. The van der Waals surface area contributed by atoms with E-state index in [1.807, 2.05) is 27.7 Å². The van der Waals surface area contributed by atoms with Crippen molar-refractivity contribution < 1.29 is 33.0 Å². The van der Waals surface area contributed by atoms with Crippen LogP contribution in [0.25, 0.3) is 0 Å². The molecule has 0 saturated heterocycles. The van der Waals surface area contributed by atoms with E-state index in [4.69, 9.17) is 25.8 Å². The first-order valence-corrected chi connectivity index (χ1v) is 13.9. The van der Waals surface area contributed by atoms with Crippen molar-refractivity contribution in [1.29, 1.82) is 0 Å². The maximum Gasteiger partial charge on any atom is 0.262 e. The zero-order valence-electron chi connectivity index (χ0n) is 23.8. The highest BCUT2D eigenvalue weighted by Gasteiger charge is 2.48. The molecule has 0 atom stereocenters. The second-order valence-electron chi connectivity index (χ2n) is 12.5. The predicted molar refractivity (Wildman–Crippen MR) is 152 cm³/mol. The van der Waals surface area contributed by atoms with Gasteiger partial charge in [0.05, 0.1) is 12.1 Å². The predicted octanol–water partition coefficient (Wildman–Crippen LogP) is 6.91. The van der Waals surface area contributed by atoms with Gasteiger partial charge >= 0.3 is 0 Å².